The van der Waals surface area contributed by atoms with Gasteiger partial charge in [0.25, 0.3) is 0 Å². The van der Waals surface area contributed by atoms with Crippen molar-refractivity contribution in [1.82, 2.24) is 15.0 Å². The Morgan fingerprint density at radius 1 is 1.04 bits per heavy atom. The van der Waals surface area contributed by atoms with E-state index in [9.17, 15) is 0 Å². The van der Waals surface area contributed by atoms with Crippen LogP contribution in [0, 0.1) is 6.92 Å². The molecule has 0 saturated heterocycles. The first kappa shape index (κ1) is 14.5. The quantitative estimate of drug-likeness (QED) is 0.581. The third-order valence-corrected chi connectivity index (χ3v) is 4.03. The number of hydrogen-bond acceptors (Lipinski definition) is 3. The Morgan fingerprint density at radius 3 is 2.79 bits per heavy atom. The van der Waals surface area contributed by atoms with Gasteiger partial charge in [0, 0.05) is 35.6 Å². The van der Waals surface area contributed by atoms with E-state index in [1.54, 1.807) is 6.20 Å². The van der Waals surface area contributed by atoms with Gasteiger partial charge < -0.3 is 10.3 Å². The topological polar surface area (TPSA) is 53.6 Å². The summed E-state index contributed by atoms with van der Waals surface area (Å²) in [6.07, 6.45) is 3.81. The van der Waals surface area contributed by atoms with Crippen LogP contribution in [0.3, 0.4) is 0 Å². The number of aromatic nitrogens is 3. The molecular formula is C20H18N4. The summed E-state index contributed by atoms with van der Waals surface area (Å²) >= 11 is 0. The van der Waals surface area contributed by atoms with Crippen LogP contribution in [0.1, 0.15) is 11.3 Å². The highest BCUT2D eigenvalue weighted by Crippen LogP contribution is 2.29. The van der Waals surface area contributed by atoms with Gasteiger partial charge in [-0.15, -0.1) is 0 Å². The molecule has 0 spiro atoms. The standard InChI is InChI=1S/C20H18N4/c1-14-10-16(18-13-23-20-17(18)8-5-9-21-20)11-19(24-14)22-12-15-6-3-2-4-7-15/h2-11,13H,12H2,1H3,(H,21,23)(H,22,24). The molecule has 3 heterocycles. The van der Waals surface area contributed by atoms with Gasteiger partial charge in [0.1, 0.15) is 11.5 Å². The Morgan fingerprint density at radius 2 is 1.92 bits per heavy atom. The molecule has 0 unspecified atom stereocenters. The average Bonchev–Trinajstić information content (AvgIpc) is 3.05. The predicted molar refractivity (Wildman–Crippen MR) is 97.8 cm³/mol. The number of nitrogens with zero attached hydrogens (tertiary/aromatic N) is 2. The highest BCUT2D eigenvalue weighted by molar-refractivity contribution is 5.93. The lowest BCUT2D eigenvalue weighted by Gasteiger charge is -2.09. The second-order valence-corrected chi connectivity index (χ2v) is 5.82. The normalized spacial score (nSPS) is 10.9. The van der Waals surface area contributed by atoms with Gasteiger partial charge in [0.2, 0.25) is 0 Å². The van der Waals surface area contributed by atoms with E-state index in [1.165, 1.54) is 5.56 Å². The van der Waals surface area contributed by atoms with Gasteiger partial charge in [-0.05, 0) is 42.3 Å². The highest BCUT2D eigenvalue weighted by Gasteiger charge is 2.09. The number of H-pyrrole nitrogens is 1. The maximum atomic E-state index is 4.60. The first-order valence-electron chi connectivity index (χ1n) is 7.98. The molecule has 0 aliphatic heterocycles. The van der Waals surface area contributed by atoms with E-state index in [2.05, 4.69) is 50.6 Å². The molecule has 0 amide bonds. The number of pyridine rings is 2. The maximum Gasteiger partial charge on any atom is 0.137 e. The van der Waals surface area contributed by atoms with E-state index in [4.69, 9.17) is 0 Å². The molecule has 4 rings (SSSR count). The predicted octanol–water partition coefficient (Wildman–Crippen LogP) is 4.55. The third-order valence-electron chi connectivity index (χ3n) is 4.03. The molecule has 0 fully saturated rings. The SMILES string of the molecule is Cc1cc(-c2c[nH]c3ncccc23)cc(NCc2ccccc2)n1. The minimum Gasteiger partial charge on any atom is -0.366 e. The van der Waals surface area contributed by atoms with Crippen LogP contribution in [0.4, 0.5) is 5.82 Å². The van der Waals surface area contributed by atoms with E-state index in [0.29, 0.717) is 0 Å². The third kappa shape index (κ3) is 2.86. The van der Waals surface area contributed by atoms with Crippen LogP contribution in [-0.2, 0) is 6.54 Å². The maximum absolute atomic E-state index is 4.60. The van der Waals surface area contributed by atoms with Crippen molar-refractivity contribution < 1.29 is 0 Å². The number of benzene rings is 1. The largest absolute Gasteiger partial charge is 0.366 e. The molecule has 0 bridgehead atoms. The second-order valence-electron chi connectivity index (χ2n) is 5.82. The zero-order valence-corrected chi connectivity index (χ0v) is 13.5. The Balaban J connectivity index is 1.66. The number of nitrogens with one attached hydrogen (secondary N) is 2. The van der Waals surface area contributed by atoms with Crippen LogP contribution in [0.5, 0.6) is 0 Å². The lowest BCUT2D eigenvalue weighted by Crippen LogP contribution is -2.02. The van der Waals surface area contributed by atoms with Gasteiger partial charge in [0.05, 0.1) is 0 Å². The van der Waals surface area contributed by atoms with Gasteiger partial charge in [-0.2, -0.15) is 0 Å². The first-order chi connectivity index (χ1) is 11.8. The van der Waals surface area contributed by atoms with Crippen molar-refractivity contribution in [2.45, 2.75) is 13.5 Å². The fourth-order valence-corrected chi connectivity index (χ4v) is 2.90. The minimum absolute atomic E-state index is 0.756. The summed E-state index contributed by atoms with van der Waals surface area (Å²) in [6.45, 7) is 2.77. The Kier molecular flexibility index (Phi) is 3.71. The molecule has 0 atom stereocenters. The minimum atomic E-state index is 0.756. The van der Waals surface area contributed by atoms with E-state index in [-0.39, 0.29) is 0 Å². The molecule has 24 heavy (non-hydrogen) atoms. The summed E-state index contributed by atoms with van der Waals surface area (Å²) in [4.78, 5) is 12.2. The molecular weight excluding hydrogens is 296 g/mol. The highest BCUT2D eigenvalue weighted by atomic mass is 15.0. The molecule has 4 aromatic rings. The van der Waals surface area contributed by atoms with E-state index in [0.717, 1.165) is 40.2 Å². The van der Waals surface area contributed by atoms with Gasteiger partial charge in [-0.3, -0.25) is 0 Å². The van der Waals surface area contributed by atoms with Crippen LogP contribution in [-0.4, -0.2) is 15.0 Å². The molecule has 3 aromatic heterocycles. The first-order valence-corrected chi connectivity index (χ1v) is 7.98. The summed E-state index contributed by atoms with van der Waals surface area (Å²) in [5, 5.41) is 4.54. The Bertz CT molecular complexity index is 973. The Labute approximate surface area is 140 Å². The lowest BCUT2D eigenvalue weighted by molar-refractivity contribution is 1.09. The summed E-state index contributed by atoms with van der Waals surface area (Å²) in [6, 6.07) is 18.6. The van der Waals surface area contributed by atoms with E-state index < -0.39 is 0 Å². The molecule has 1 aromatic carbocycles. The lowest BCUT2D eigenvalue weighted by atomic mass is 10.1. The van der Waals surface area contributed by atoms with Crippen LogP contribution in [0.2, 0.25) is 0 Å². The molecule has 118 valence electrons. The van der Waals surface area contributed by atoms with E-state index in [1.807, 2.05) is 37.4 Å². The van der Waals surface area contributed by atoms with Crippen molar-refractivity contribution in [2.75, 3.05) is 5.32 Å². The van der Waals surface area contributed by atoms with Crippen molar-refractivity contribution in [3.05, 3.63) is 78.2 Å². The smallest absolute Gasteiger partial charge is 0.137 e. The zero-order valence-electron chi connectivity index (χ0n) is 13.5. The summed E-state index contributed by atoms with van der Waals surface area (Å²) in [7, 11) is 0. The second kappa shape index (κ2) is 6.16. The van der Waals surface area contributed by atoms with Gasteiger partial charge >= 0.3 is 0 Å². The summed E-state index contributed by atoms with van der Waals surface area (Å²) < 4.78 is 0. The van der Waals surface area contributed by atoms with Crippen molar-refractivity contribution in [3.63, 3.8) is 0 Å². The van der Waals surface area contributed by atoms with Crippen LogP contribution in [0.15, 0.2) is 67.0 Å². The summed E-state index contributed by atoms with van der Waals surface area (Å²) in [5.74, 6) is 0.882. The molecule has 0 aliphatic carbocycles. The zero-order chi connectivity index (χ0) is 16.4. The van der Waals surface area contributed by atoms with E-state index >= 15 is 0 Å². The fraction of sp³-hybridized carbons (Fsp3) is 0.100. The number of fused-ring (bicyclic) bond motifs is 1. The van der Waals surface area contributed by atoms with Crippen LogP contribution >= 0.6 is 0 Å². The number of hydrogen-bond donors (Lipinski definition) is 2. The van der Waals surface area contributed by atoms with Crippen molar-refractivity contribution in [2.24, 2.45) is 0 Å². The van der Waals surface area contributed by atoms with Crippen molar-refractivity contribution in [3.8, 4) is 11.1 Å². The number of anilines is 1. The molecule has 0 radical (unpaired) electrons. The number of aromatic amines is 1. The number of aryl methyl sites for hydroxylation is 1. The monoisotopic (exact) mass is 314 g/mol. The molecule has 2 N–H and O–H groups in total. The summed E-state index contributed by atoms with van der Waals surface area (Å²) in [5.41, 5.74) is 5.41. The molecule has 4 nitrogen and oxygen atoms in total. The average molecular weight is 314 g/mol. The number of rotatable bonds is 4. The van der Waals surface area contributed by atoms with Gasteiger partial charge in [-0.25, -0.2) is 9.97 Å². The van der Waals surface area contributed by atoms with Gasteiger partial charge in [0.15, 0.2) is 0 Å². The Hall–Kier alpha value is -3.14. The van der Waals surface area contributed by atoms with Crippen LogP contribution < -0.4 is 5.32 Å². The fourth-order valence-electron chi connectivity index (χ4n) is 2.90. The van der Waals surface area contributed by atoms with Crippen molar-refractivity contribution >= 4 is 16.9 Å². The molecule has 0 aliphatic rings. The molecule has 0 saturated carbocycles. The van der Waals surface area contributed by atoms with Crippen molar-refractivity contribution in [1.29, 1.82) is 0 Å². The molecule has 4 heteroatoms. The van der Waals surface area contributed by atoms with Crippen LogP contribution in [0.25, 0.3) is 22.2 Å². The van der Waals surface area contributed by atoms with Gasteiger partial charge in [-0.1, -0.05) is 30.3 Å².